The Hall–Kier alpha value is -2.55. The van der Waals surface area contributed by atoms with Crippen LogP contribution < -0.4 is 14.5 Å². The molecule has 2 aliphatic rings. The minimum atomic E-state index is -0.613. The van der Waals surface area contributed by atoms with Crippen LogP contribution in [0.2, 0.25) is 5.02 Å². The largest absolute Gasteiger partial charge is 0.497 e. The Bertz CT molecular complexity index is 1200. The first-order valence-electron chi connectivity index (χ1n) is 9.15. The molecule has 0 aliphatic carbocycles. The van der Waals surface area contributed by atoms with Crippen molar-refractivity contribution in [3.05, 3.63) is 73.7 Å². The van der Waals surface area contributed by atoms with Crippen molar-refractivity contribution in [2.45, 2.75) is 16.2 Å². The summed E-state index contributed by atoms with van der Waals surface area (Å²) in [7, 11) is 1.58. The SMILES string of the molecule is COc1ccc([C@H]2c3sc(=O)[nH]c3S[C@H]3C(=O)N(c4ccc(Cl)cc4)C(=O)[C@@H]23)cc1. The number of fused-ring (bicyclic) bond motifs is 2. The molecular formula is C21H15ClN2O4S2. The maximum absolute atomic E-state index is 13.5. The Labute approximate surface area is 184 Å². The van der Waals surface area contributed by atoms with Gasteiger partial charge in [-0.3, -0.25) is 14.4 Å². The average molecular weight is 459 g/mol. The van der Waals surface area contributed by atoms with Crippen molar-refractivity contribution < 1.29 is 14.3 Å². The molecule has 3 atom stereocenters. The number of aromatic nitrogens is 1. The maximum atomic E-state index is 13.5. The van der Waals surface area contributed by atoms with Crippen LogP contribution in [-0.4, -0.2) is 29.2 Å². The molecule has 5 rings (SSSR count). The number of nitrogens with one attached hydrogen (secondary N) is 1. The van der Waals surface area contributed by atoms with Crippen molar-refractivity contribution in [1.29, 1.82) is 0 Å². The second kappa shape index (κ2) is 7.30. The Kier molecular flexibility index (Phi) is 4.72. The van der Waals surface area contributed by atoms with Crippen molar-refractivity contribution in [3.8, 4) is 5.75 Å². The second-order valence-corrected chi connectivity index (χ2v) is 9.61. The van der Waals surface area contributed by atoms with E-state index in [0.717, 1.165) is 21.8 Å². The lowest BCUT2D eigenvalue weighted by Gasteiger charge is -2.29. The number of carbonyl (C=O) groups excluding carboxylic acids is 2. The predicted octanol–water partition coefficient (Wildman–Crippen LogP) is 3.89. The number of carbonyl (C=O) groups is 2. The van der Waals surface area contributed by atoms with Gasteiger partial charge >= 0.3 is 4.87 Å². The summed E-state index contributed by atoms with van der Waals surface area (Å²) in [6.07, 6.45) is 0. The smallest absolute Gasteiger partial charge is 0.305 e. The molecule has 1 aromatic heterocycles. The summed E-state index contributed by atoms with van der Waals surface area (Å²) < 4.78 is 5.24. The van der Waals surface area contributed by atoms with E-state index in [4.69, 9.17) is 16.3 Å². The fourth-order valence-electron chi connectivity index (χ4n) is 4.03. The normalized spacial score (nSPS) is 22.7. The number of thioether (sulfide) groups is 1. The number of benzene rings is 2. The van der Waals surface area contributed by atoms with Crippen LogP contribution in [0.5, 0.6) is 5.75 Å². The van der Waals surface area contributed by atoms with Crippen LogP contribution in [0.3, 0.4) is 0 Å². The lowest BCUT2D eigenvalue weighted by molar-refractivity contribution is -0.122. The second-order valence-electron chi connectivity index (χ2n) is 7.01. The van der Waals surface area contributed by atoms with E-state index in [1.54, 1.807) is 31.4 Å². The topological polar surface area (TPSA) is 79.5 Å². The zero-order valence-electron chi connectivity index (χ0n) is 15.6. The highest BCUT2D eigenvalue weighted by Crippen LogP contribution is 2.53. The lowest BCUT2D eigenvalue weighted by atomic mass is 9.83. The van der Waals surface area contributed by atoms with Crippen LogP contribution in [0.1, 0.15) is 16.4 Å². The monoisotopic (exact) mass is 458 g/mol. The molecule has 2 aromatic carbocycles. The van der Waals surface area contributed by atoms with Gasteiger partial charge in [0.2, 0.25) is 11.8 Å². The summed E-state index contributed by atoms with van der Waals surface area (Å²) in [4.78, 5) is 43.5. The standard InChI is InChI=1S/C21H15ClN2O4S2/c1-28-13-8-2-10(3-9-13)14-15-17(29-18-16(14)30-21(27)23-18)20(26)24(19(15)25)12-6-4-11(22)5-7-12/h2-9,14-15,17H,1H3,(H,23,27)/t14-,15+,17-/m1/s1. The predicted molar refractivity (Wildman–Crippen MR) is 117 cm³/mol. The van der Waals surface area contributed by atoms with E-state index in [0.29, 0.717) is 21.5 Å². The van der Waals surface area contributed by atoms with Crippen molar-refractivity contribution in [2.75, 3.05) is 12.0 Å². The van der Waals surface area contributed by atoms with Crippen LogP contribution in [0.4, 0.5) is 5.69 Å². The lowest BCUT2D eigenvalue weighted by Crippen LogP contribution is -2.32. The third-order valence-corrected chi connectivity index (χ3v) is 8.04. The van der Waals surface area contributed by atoms with Gasteiger partial charge in [-0.15, -0.1) is 0 Å². The molecule has 0 unspecified atom stereocenters. The summed E-state index contributed by atoms with van der Waals surface area (Å²) in [5, 5.41) is 0.574. The number of nitrogens with zero attached hydrogens (tertiary/aromatic N) is 1. The molecule has 0 bridgehead atoms. The number of aromatic amines is 1. The van der Waals surface area contributed by atoms with Gasteiger partial charge in [-0.25, -0.2) is 4.90 Å². The number of hydrogen-bond acceptors (Lipinski definition) is 6. The number of thiazole rings is 1. The highest BCUT2D eigenvalue weighted by Gasteiger charge is 2.56. The van der Waals surface area contributed by atoms with Crippen molar-refractivity contribution in [2.24, 2.45) is 5.92 Å². The number of amides is 2. The van der Waals surface area contributed by atoms with Crippen LogP contribution >= 0.6 is 34.7 Å². The number of anilines is 1. The Balaban J connectivity index is 1.63. The zero-order valence-corrected chi connectivity index (χ0v) is 18.0. The summed E-state index contributed by atoms with van der Waals surface area (Å²) in [6.45, 7) is 0. The molecule has 0 spiro atoms. The first-order chi connectivity index (χ1) is 14.5. The Morgan fingerprint density at radius 2 is 1.70 bits per heavy atom. The van der Waals surface area contributed by atoms with E-state index in [1.165, 1.54) is 16.7 Å². The molecule has 3 aromatic rings. The highest BCUT2D eigenvalue weighted by molar-refractivity contribution is 8.00. The molecule has 1 fully saturated rings. The van der Waals surface area contributed by atoms with Gasteiger partial charge in [0.25, 0.3) is 0 Å². The molecule has 3 heterocycles. The third-order valence-electron chi connectivity index (χ3n) is 5.38. The number of H-pyrrole nitrogens is 1. The fraction of sp³-hybridized carbons (Fsp3) is 0.190. The van der Waals surface area contributed by atoms with Crippen molar-refractivity contribution >= 4 is 52.2 Å². The molecule has 1 N–H and O–H groups in total. The minimum Gasteiger partial charge on any atom is -0.497 e. The van der Waals surface area contributed by atoms with E-state index < -0.39 is 17.1 Å². The van der Waals surface area contributed by atoms with Gasteiger partial charge in [0.05, 0.1) is 23.7 Å². The number of methoxy groups -OCH3 is 1. The number of ether oxygens (including phenoxy) is 1. The molecule has 2 amide bonds. The van der Waals surface area contributed by atoms with E-state index in [1.807, 2.05) is 24.3 Å². The minimum absolute atomic E-state index is 0.194. The number of imide groups is 1. The van der Waals surface area contributed by atoms with Crippen molar-refractivity contribution in [1.82, 2.24) is 4.98 Å². The van der Waals surface area contributed by atoms with Crippen LogP contribution in [0.15, 0.2) is 58.4 Å². The molecule has 6 nitrogen and oxygen atoms in total. The maximum Gasteiger partial charge on any atom is 0.305 e. The number of halogens is 1. The Morgan fingerprint density at radius 1 is 1.00 bits per heavy atom. The van der Waals surface area contributed by atoms with Gasteiger partial charge in [0, 0.05) is 15.8 Å². The Morgan fingerprint density at radius 3 is 2.37 bits per heavy atom. The highest BCUT2D eigenvalue weighted by atomic mass is 35.5. The molecule has 9 heteroatoms. The summed E-state index contributed by atoms with van der Waals surface area (Å²) >= 11 is 8.32. The van der Waals surface area contributed by atoms with E-state index in [9.17, 15) is 14.4 Å². The van der Waals surface area contributed by atoms with Gasteiger partial charge in [-0.2, -0.15) is 0 Å². The molecule has 30 heavy (non-hydrogen) atoms. The fourth-order valence-corrected chi connectivity index (χ4v) is 6.67. The molecule has 0 radical (unpaired) electrons. The van der Waals surface area contributed by atoms with Gasteiger partial charge in [-0.1, -0.05) is 46.8 Å². The first-order valence-corrected chi connectivity index (χ1v) is 11.2. The van der Waals surface area contributed by atoms with Gasteiger partial charge in [-0.05, 0) is 42.0 Å². The number of hydrogen-bond donors (Lipinski definition) is 1. The third kappa shape index (κ3) is 2.98. The van der Waals surface area contributed by atoms with Gasteiger partial charge in [0.1, 0.15) is 11.0 Å². The molecule has 0 saturated carbocycles. The van der Waals surface area contributed by atoms with Crippen molar-refractivity contribution in [3.63, 3.8) is 0 Å². The summed E-state index contributed by atoms with van der Waals surface area (Å²) in [5.74, 6) is -0.861. The molecular weight excluding hydrogens is 444 g/mol. The van der Waals surface area contributed by atoms with Gasteiger partial charge in [0.15, 0.2) is 0 Å². The molecule has 2 aliphatic heterocycles. The van der Waals surface area contributed by atoms with Crippen LogP contribution in [0.25, 0.3) is 0 Å². The summed E-state index contributed by atoms with van der Waals surface area (Å²) in [5.41, 5.74) is 1.36. The zero-order chi connectivity index (χ0) is 21.0. The van der Waals surface area contributed by atoms with E-state index >= 15 is 0 Å². The molecule has 152 valence electrons. The van der Waals surface area contributed by atoms with Crippen LogP contribution in [0, 0.1) is 5.92 Å². The van der Waals surface area contributed by atoms with Gasteiger partial charge < -0.3 is 9.72 Å². The first kappa shape index (κ1) is 19.4. The van der Waals surface area contributed by atoms with E-state index in [2.05, 4.69) is 4.98 Å². The average Bonchev–Trinajstić information content (AvgIpc) is 3.24. The number of rotatable bonds is 3. The summed E-state index contributed by atoms with van der Waals surface area (Å²) in [6, 6.07) is 14.0. The quantitative estimate of drug-likeness (QED) is 0.602. The van der Waals surface area contributed by atoms with Crippen LogP contribution in [-0.2, 0) is 9.59 Å². The van der Waals surface area contributed by atoms with E-state index in [-0.39, 0.29) is 16.7 Å². The molecule has 1 saturated heterocycles.